The van der Waals surface area contributed by atoms with Crippen LogP contribution in [0, 0.1) is 0 Å². The molecule has 160 valence electrons. The van der Waals surface area contributed by atoms with Gasteiger partial charge >= 0.3 is 0 Å². The normalized spacial score (nSPS) is 14.1. The summed E-state index contributed by atoms with van der Waals surface area (Å²) in [6, 6.07) is 10.8. The Morgan fingerprint density at radius 1 is 1.07 bits per heavy atom. The van der Waals surface area contributed by atoms with E-state index in [1.165, 1.54) is 18.4 Å². The molecule has 1 aromatic carbocycles. The average molecular weight is 510 g/mol. The Morgan fingerprint density at radius 2 is 1.83 bits per heavy atom. The van der Waals surface area contributed by atoms with Crippen molar-refractivity contribution >= 4 is 29.9 Å². The van der Waals surface area contributed by atoms with Gasteiger partial charge in [-0.25, -0.2) is 4.99 Å². The number of benzene rings is 1. The van der Waals surface area contributed by atoms with Crippen molar-refractivity contribution in [1.82, 2.24) is 25.4 Å². The quantitative estimate of drug-likeness (QED) is 0.320. The molecule has 0 atom stereocenters. The lowest BCUT2D eigenvalue weighted by atomic mass is 9.76. The third-order valence-corrected chi connectivity index (χ3v) is 5.99. The van der Waals surface area contributed by atoms with Gasteiger partial charge in [-0.3, -0.25) is 0 Å². The first-order valence-electron chi connectivity index (χ1n) is 10.7. The SMILES string of the molecule is CCNC(=NCc1nnc2n1CCCC2)NCC(CC)(CC)c1ccccc1.I. The number of aromatic nitrogens is 3. The summed E-state index contributed by atoms with van der Waals surface area (Å²) in [6.45, 7) is 9.89. The van der Waals surface area contributed by atoms with Gasteiger partial charge in [0.05, 0.1) is 0 Å². The summed E-state index contributed by atoms with van der Waals surface area (Å²) in [6.07, 6.45) is 5.60. The Hall–Kier alpha value is -1.64. The minimum Gasteiger partial charge on any atom is -0.357 e. The van der Waals surface area contributed by atoms with Crippen molar-refractivity contribution in [2.24, 2.45) is 4.99 Å². The van der Waals surface area contributed by atoms with Gasteiger partial charge in [-0.15, -0.1) is 34.2 Å². The number of hydrogen-bond acceptors (Lipinski definition) is 3. The second kappa shape index (κ2) is 11.5. The first kappa shape index (κ1) is 23.6. The first-order valence-corrected chi connectivity index (χ1v) is 10.7. The van der Waals surface area contributed by atoms with Crippen LogP contribution < -0.4 is 10.6 Å². The monoisotopic (exact) mass is 510 g/mol. The minimum absolute atomic E-state index is 0. The van der Waals surface area contributed by atoms with Gasteiger partial charge in [0.15, 0.2) is 11.8 Å². The fourth-order valence-electron chi connectivity index (χ4n) is 4.03. The lowest BCUT2D eigenvalue weighted by Crippen LogP contribution is -2.45. The van der Waals surface area contributed by atoms with Crippen LogP contribution in [0.5, 0.6) is 0 Å². The number of guanidine groups is 1. The fraction of sp³-hybridized carbons (Fsp3) is 0.591. The van der Waals surface area contributed by atoms with Crippen LogP contribution in [-0.4, -0.2) is 33.8 Å². The summed E-state index contributed by atoms with van der Waals surface area (Å²) >= 11 is 0. The van der Waals surface area contributed by atoms with Crippen LogP contribution in [0.2, 0.25) is 0 Å². The van der Waals surface area contributed by atoms with Gasteiger partial charge in [0.1, 0.15) is 12.4 Å². The van der Waals surface area contributed by atoms with Crippen molar-refractivity contribution in [3.8, 4) is 0 Å². The maximum Gasteiger partial charge on any atom is 0.191 e. The molecule has 6 nitrogen and oxygen atoms in total. The third-order valence-electron chi connectivity index (χ3n) is 5.99. The van der Waals surface area contributed by atoms with Crippen molar-refractivity contribution in [3.05, 3.63) is 47.5 Å². The van der Waals surface area contributed by atoms with Crippen molar-refractivity contribution < 1.29 is 0 Å². The topological polar surface area (TPSA) is 67.1 Å². The van der Waals surface area contributed by atoms with Gasteiger partial charge in [-0.05, 0) is 38.2 Å². The number of nitrogens with one attached hydrogen (secondary N) is 2. The van der Waals surface area contributed by atoms with E-state index in [0.29, 0.717) is 6.54 Å². The number of fused-ring (bicyclic) bond motifs is 1. The summed E-state index contributed by atoms with van der Waals surface area (Å²) in [7, 11) is 0. The standard InChI is InChI=1S/C22H34N6.HI/c1-4-22(5-2,18-12-8-7-9-13-18)17-25-21(23-6-3)24-16-20-27-26-19-14-10-11-15-28(19)20;/h7-9,12-13H,4-6,10-11,14-17H2,1-3H3,(H2,23,24,25);1H. The van der Waals surface area contributed by atoms with Crippen molar-refractivity contribution in [1.29, 1.82) is 0 Å². The predicted molar refractivity (Wildman–Crippen MR) is 130 cm³/mol. The highest BCUT2D eigenvalue weighted by Crippen LogP contribution is 2.30. The molecule has 0 unspecified atom stereocenters. The second-order valence-corrected chi connectivity index (χ2v) is 7.54. The number of nitrogens with zero attached hydrogens (tertiary/aromatic N) is 4. The molecule has 0 amide bonds. The molecule has 0 bridgehead atoms. The summed E-state index contributed by atoms with van der Waals surface area (Å²) < 4.78 is 2.24. The summed E-state index contributed by atoms with van der Waals surface area (Å²) in [5.41, 5.74) is 1.49. The molecule has 1 aromatic heterocycles. The molecule has 0 fully saturated rings. The highest BCUT2D eigenvalue weighted by Gasteiger charge is 2.28. The van der Waals surface area contributed by atoms with E-state index in [0.717, 1.165) is 56.5 Å². The van der Waals surface area contributed by atoms with E-state index in [4.69, 9.17) is 4.99 Å². The third kappa shape index (κ3) is 5.71. The molecule has 29 heavy (non-hydrogen) atoms. The van der Waals surface area contributed by atoms with Gasteiger partial charge in [0.2, 0.25) is 0 Å². The number of rotatable bonds is 8. The zero-order chi connectivity index (χ0) is 19.8. The smallest absolute Gasteiger partial charge is 0.191 e. The summed E-state index contributed by atoms with van der Waals surface area (Å²) in [5, 5.41) is 15.7. The van der Waals surface area contributed by atoms with Gasteiger partial charge in [0.25, 0.3) is 0 Å². The summed E-state index contributed by atoms with van der Waals surface area (Å²) in [5.74, 6) is 2.92. The van der Waals surface area contributed by atoms with Crippen LogP contribution in [-0.2, 0) is 24.9 Å². The van der Waals surface area contributed by atoms with Crippen LogP contribution in [0.1, 0.15) is 63.7 Å². The molecule has 2 heterocycles. The Morgan fingerprint density at radius 3 is 2.52 bits per heavy atom. The highest BCUT2D eigenvalue weighted by molar-refractivity contribution is 14.0. The lowest BCUT2D eigenvalue weighted by molar-refractivity contribution is 0.389. The molecular formula is C22H35IN6. The Bertz CT molecular complexity index is 767. The van der Waals surface area contributed by atoms with E-state index >= 15 is 0 Å². The molecule has 0 saturated carbocycles. The molecule has 0 radical (unpaired) electrons. The average Bonchev–Trinajstić information content (AvgIpc) is 3.17. The largest absolute Gasteiger partial charge is 0.357 e. The molecule has 7 heteroatoms. The number of halogens is 1. The van der Waals surface area contributed by atoms with Gasteiger partial charge < -0.3 is 15.2 Å². The zero-order valence-electron chi connectivity index (χ0n) is 17.9. The fourth-order valence-corrected chi connectivity index (χ4v) is 4.03. The van der Waals surface area contributed by atoms with Crippen LogP contribution in [0.15, 0.2) is 35.3 Å². The van der Waals surface area contributed by atoms with Crippen LogP contribution in [0.3, 0.4) is 0 Å². The lowest BCUT2D eigenvalue weighted by Gasteiger charge is -2.33. The molecule has 0 spiro atoms. The predicted octanol–water partition coefficient (Wildman–Crippen LogP) is 4.05. The van der Waals surface area contributed by atoms with Gasteiger partial charge in [0, 0.05) is 31.5 Å². The molecule has 1 aliphatic heterocycles. The maximum absolute atomic E-state index is 4.80. The summed E-state index contributed by atoms with van der Waals surface area (Å²) in [4.78, 5) is 4.80. The van der Waals surface area contributed by atoms with E-state index in [1.807, 2.05) is 0 Å². The number of aliphatic imine (C=N–C) groups is 1. The first-order chi connectivity index (χ1) is 13.7. The van der Waals surface area contributed by atoms with Crippen molar-refractivity contribution in [2.45, 2.75) is 71.4 Å². The van der Waals surface area contributed by atoms with Crippen molar-refractivity contribution in [2.75, 3.05) is 13.1 Å². The molecule has 0 saturated heterocycles. The molecule has 1 aliphatic rings. The molecule has 2 aromatic rings. The Balaban J connectivity index is 0.00000300. The molecule has 3 rings (SSSR count). The minimum atomic E-state index is 0. The Labute approximate surface area is 192 Å². The van der Waals surface area contributed by atoms with Gasteiger partial charge in [-0.2, -0.15) is 0 Å². The molecule has 2 N–H and O–H groups in total. The maximum atomic E-state index is 4.80. The Kier molecular flexibility index (Phi) is 9.39. The van der Waals surface area contributed by atoms with Crippen LogP contribution in [0.25, 0.3) is 0 Å². The highest BCUT2D eigenvalue weighted by atomic mass is 127. The number of aryl methyl sites for hydroxylation is 1. The van der Waals surface area contributed by atoms with E-state index < -0.39 is 0 Å². The number of hydrogen-bond donors (Lipinski definition) is 2. The van der Waals surface area contributed by atoms with E-state index in [2.05, 4.69) is 76.5 Å². The van der Waals surface area contributed by atoms with E-state index in [1.54, 1.807) is 0 Å². The van der Waals surface area contributed by atoms with E-state index in [-0.39, 0.29) is 29.4 Å². The molecular weight excluding hydrogens is 475 g/mol. The zero-order valence-corrected chi connectivity index (χ0v) is 20.3. The van der Waals surface area contributed by atoms with Crippen LogP contribution >= 0.6 is 24.0 Å². The van der Waals surface area contributed by atoms with Crippen molar-refractivity contribution in [3.63, 3.8) is 0 Å². The van der Waals surface area contributed by atoms with Crippen LogP contribution in [0.4, 0.5) is 0 Å². The van der Waals surface area contributed by atoms with Gasteiger partial charge in [-0.1, -0.05) is 44.2 Å². The van der Waals surface area contributed by atoms with E-state index in [9.17, 15) is 0 Å². The second-order valence-electron chi connectivity index (χ2n) is 7.54. The molecule has 0 aliphatic carbocycles.